The molecule has 0 aliphatic rings. The van der Waals surface area contributed by atoms with E-state index in [1.54, 1.807) is 13.8 Å². The summed E-state index contributed by atoms with van der Waals surface area (Å²) in [5, 5.41) is 9.11. The fourth-order valence-electron chi connectivity index (χ4n) is 0.761. The van der Waals surface area contributed by atoms with E-state index in [9.17, 15) is 4.79 Å². The van der Waals surface area contributed by atoms with E-state index in [4.69, 9.17) is 9.84 Å². The van der Waals surface area contributed by atoms with Crippen LogP contribution in [0.4, 0.5) is 0 Å². The van der Waals surface area contributed by atoms with Crippen LogP contribution < -0.4 is 0 Å². The van der Waals surface area contributed by atoms with Crippen molar-refractivity contribution in [1.29, 1.82) is 0 Å². The molecule has 0 saturated carbocycles. The van der Waals surface area contributed by atoms with E-state index in [1.165, 1.54) is 6.92 Å². The van der Waals surface area contributed by atoms with Crippen LogP contribution in [0.25, 0.3) is 0 Å². The monoisotopic (exact) mass is 160 g/mol. The maximum atomic E-state index is 10.5. The Kier molecular flexibility index (Phi) is 4.11. The van der Waals surface area contributed by atoms with Gasteiger partial charge in [0.05, 0.1) is 6.10 Å². The van der Waals surface area contributed by atoms with Crippen molar-refractivity contribution >= 4 is 5.97 Å². The SMILES string of the molecule is CC(=O)OC(C)C(C)C(C)O. The van der Waals surface area contributed by atoms with Crippen molar-refractivity contribution in [2.45, 2.75) is 39.9 Å². The minimum absolute atomic E-state index is 0.0149. The maximum Gasteiger partial charge on any atom is 0.302 e. The summed E-state index contributed by atoms with van der Waals surface area (Å²) in [6.45, 7) is 6.67. The molecule has 0 aromatic heterocycles. The summed E-state index contributed by atoms with van der Waals surface area (Å²) in [5.41, 5.74) is 0. The van der Waals surface area contributed by atoms with Crippen molar-refractivity contribution in [3.8, 4) is 0 Å². The van der Waals surface area contributed by atoms with Gasteiger partial charge in [-0.15, -0.1) is 0 Å². The van der Waals surface area contributed by atoms with Crippen LogP contribution in [0.15, 0.2) is 0 Å². The van der Waals surface area contributed by atoms with Gasteiger partial charge in [-0.25, -0.2) is 0 Å². The zero-order chi connectivity index (χ0) is 9.02. The summed E-state index contributed by atoms with van der Waals surface area (Å²) in [6.07, 6.45) is -0.656. The molecule has 0 aliphatic carbocycles. The first kappa shape index (κ1) is 10.4. The molecule has 11 heavy (non-hydrogen) atoms. The minimum Gasteiger partial charge on any atom is -0.462 e. The fraction of sp³-hybridized carbons (Fsp3) is 0.875. The lowest BCUT2D eigenvalue weighted by Gasteiger charge is -2.21. The molecule has 3 heteroatoms. The number of rotatable bonds is 3. The van der Waals surface area contributed by atoms with Crippen molar-refractivity contribution in [3.63, 3.8) is 0 Å². The van der Waals surface area contributed by atoms with Crippen molar-refractivity contribution < 1.29 is 14.6 Å². The molecule has 0 radical (unpaired) electrons. The van der Waals surface area contributed by atoms with E-state index in [-0.39, 0.29) is 18.0 Å². The van der Waals surface area contributed by atoms with Crippen LogP contribution in [0.1, 0.15) is 27.7 Å². The van der Waals surface area contributed by atoms with E-state index >= 15 is 0 Å². The largest absolute Gasteiger partial charge is 0.462 e. The first-order valence-electron chi connectivity index (χ1n) is 3.80. The second-order valence-electron chi connectivity index (χ2n) is 2.91. The molecular weight excluding hydrogens is 144 g/mol. The lowest BCUT2D eigenvalue weighted by molar-refractivity contribution is -0.149. The highest BCUT2D eigenvalue weighted by Crippen LogP contribution is 2.11. The van der Waals surface area contributed by atoms with Crippen molar-refractivity contribution in [2.24, 2.45) is 5.92 Å². The van der Waals surface area contributed by atoms with Crippen molar-refractivity contribution in [1.82, 2.24) is 0 Å². The summed E-state index contributed by atoms with van der Waals surface area (Å²) >= 11 is 0. The predicted molar refractivity (Wildman–Crippen MR) is 42.1 cm³/mol. The Morgan fingerprint density at radius 2 is 1.82 bits per heavy atom. The van der Waals surface area contributed by atoms with Gasteiger partial charge in [0, 0.05) is 12.8 Å². The number of carbonyl (C=O) groups is 1. The van der Waals surface area contributed by atoms with Crippen molar-refractivity contribution in [2.75, 3.05) is 0 Å². The summed E-state index contributed by atoms with van der Waals surface area (Å²) in [6, 6.07) is 0. The van der Waals surface area contributed by atoms with E-state index in [0.29, 0.717) is 0 Å². The Morgan fingerprint density at radius 1 is 1.36 bits per heavy atom. The Labute approximate surface area is 67.4 Å². The van der Waals surface area contributed by atoms with Gasteiger partial charge in [-0.05, 0) is 13.8 Å². The summed E-state index contributed by atoms with van der Waals surface area (Å²) in [7, 11) is 0. The van der Waals surface area contributed by atoms with Crippen LogP contribution >= 0.6 is 0 Å². The number of hydrogen-bond acceptors (Lipinski definition) is 3. The topological polar surface area (TPSA) is 46.5 Å². The van der Waals surface area contributed by atoms with Crippen LogP contribution in [-0.2, 0) is 9.53 Å². The summed E-state index contributed by atoms with van der Waals surface area (Å²) in [5.74, 6) is -0.316. The van der Waals surface area contributed by atoms with Crippen LogP contribution in [0.2, 0.25) is 0 Å². The van der Waals surface area contributed by atoms with Gasteiger partial charge in [0.25, 0.3) is 0 Å². The fourth-order valence-corrected chi connectivity index (χ4v) is 0.761. The van der Waals surface area contributed by atoms with E-state index in [0.717, 1.165) is 0 Å². The highest BCUT2D eigenvalue weighted by atomic mass is 16.5. The molecule has 1 N–H and O–H groups in total. The number of carbonyl (C=O) groups excluding carboxylic acids is 1. The standard InChI is InChI=1S/C8H16O3/c1-5(6(2)9)7(3)11-8(4)10/h5-7,9H,1-4H3. The van der Waals surface area contributed by atoms with E-state index in [2.05, 4.69) is 0 Å². The number of aliphatic hydroxyl groups excluding tert-OH is 1. The molecule has 66 valence electrons. The molecular formula is C8H16O3. The van der Waals surface area contributed by atoms with Crippen LogP contribution in [-0.4, -0.2) is 23.3 Å². The molecule has 0 rings (SSSR count). The predicted octanol–water partition coefficient (Wildman–Crippen LogP) is 0.955. The highest BCUT2D eigenvalue weighted by Gasteiger charge is 2.18. The molecule has 0 spiro atoms. The van der Waals surface area contributed by atoms with Crippen molar-refractivity contribution in [3.05, 3.63) is 0 Å². The van der Waals surface area contributed by atoms with E-state index in [1.807, 2.05) is 6.92 Å². The molecule has 0 aromatic carbocycles. The average molecular weight is 160 g/mol. The second-order valence-corrected chi connectivity index (χ2v) is 2.91. The third kappa shape index (κ3) is 3.98. The van der Waals surface area contributed by atoms with E-state index < -0.39 is 6.10 Å². The molecule has 3 atom stereocenters. The number of hydrogen-bond donors (Lipinski definition) is 1. The molecule has 0 bridgehead atoms. The number of aliphatic hydroxyl groups is 1. The highest BCUT2D eigenvalue weighted by molar-refractivity contribution is 5.66. The zero-order valence-electron chi connectivity index (χ0n) is 7.50. The molecule has 3 unspecified atom stereocenters. The van der Waals surface area contributed by atoms with Crippen LogP contribution in [0, 0.1) is 5.92 Å². The molecule has 3 nitrogen and oxygen atoms in total. The van der Waals surface area contributed by atoms with Gasteiger partial charge < -0.3 is 9.84 Å². The van der Waals surface area contributed by atoms with Gasteiger partial charge in [0.15, 0.2) is 0 Å². The summed E-state index contributed by atoms with van der Waals surface area (Å²) < 4.78 is 4.87. The Hall–Kier alpha value is -0.570. The van der Waals surface area contributed by atoms with Gasteiger partial charge in [-0.2, -0.15) is 0 Å². The zero-order valence-corrected chi connectivity index (χ0v) is 7.50. The third-order valence-corrected chi connectivity index (χ3v) is 1.85. The normalized spacial score (nSPS) is 18.6. The molecule has 0 saturated heterocycles. The third-order valence-electron chi connectivity index (χ3n) is 1.85. The molecule has 0 fully saturated rings. The second kappa shape index (κ2) is 4.34. The minimum atomic E-state index is -0.440. The maximum absolute atomic E-state index is 10.5. The Balaban J connectivity index is 3.82. The van der Waals surface area contributed by atoms with Gasteiger partial charge in [0.2, 0.25) is 0 Å². The molecule has 0 heterocycles. The van der Waals surface area contributed by atoms with Gasteiger partial charge in [0.1, 0.15) is 6.10 Å². The van der Waals surface area contributed by atoms with Crippen LogP contribution in [0.5, 0.6) is 0 Å². The molecule has 0 aromatic rings. The first-order valence-corrected chi connectivity index (χ1v) is 3.80. The summed E-state index contributed by atoms with van der Waals surface area (Å²) in [4.78, 5) is 10.5. The van der Waals surface area contributed by atoms with Crippen LogP contribution in [0.3, 0.4) is 0 Å². The van der Waals surface area contributed by atoms with Gasteiger partial charge >= 0.3 is 5.97 Å². The van der Waals surface area contributed by atoms with Gasteiger partial charge in [-0.3, -0.25) is 4.79 Å². The van der Waals surface area contributed by atoms with Gasteiger partial charge in [-0.1, -0.05) is 6.92 Å². The Bertz CT molecular complexity index is 131. The lowest BCUT2D eigenvalue weighted by Crippen LogP contribution is -2.28. The number of esters is 1. The first-order chi connectivity index (χ1) is 4.95. The average Bonchev–Trinajstić information content (AvgIpc) is 1.84. The molecule has 0 amide bonds. The Morgan fingerprint density at radius 3 is 2.09 bits per heavy atom. The quantitative estimate of drug-likeness (QED) is 0.625. The smallest absolute Gasteiger partial charge is 0.302 e. The molecule has 0 aliphatic heterocycles. The number of ether oxygens (including phenoxy) is 1. The lowest BCUT2D eigenvalue weighted by atomic mass is 10.0.